The van der Waals surface area contributed by atoms with E-state index < -0.39 is 0 Å². The fourth-order valence-electron chi connectivity index (χ4n) is 4.12. The van der Waals surface area contributed by atoms with Crippen molar-refractivity contribution in [2.45, 2.75) is 39.0 Å². The van der Waals surface area contributed by atoms with Gasteiger partial charge < -0.3 is 14.5 Å². The predicted octanol–water partition coefficient (Wildman–Crippen LogP) is 1.18. The Hall–Kier alpha value is -2.67. The maximum Gasteiger partial charge on any atom is 0.248 e. The van der Waals surface area contributed by atoms with Gasteiger partial charge in [0.1, 0.15) is 13.2 Å². The summed E-state index contributed by atoms with van der Waals surface area (Å²) in [7, 11) is 0. The van der Waals surface area contributed by atoms with Crippen LogP contribution in [0.4, 0.5) is 0 Å². The second-order valence-corrected chi connectivity index (χ2v) is 7.62. The molecular weight excluding hydrogens is 356 g/mol. The molecule has 7 nitrogen and oxygen atoms in total. The van der Waals surface area contributed by atoms with Gasteiger partial charge in [-0.05, 0) is 31.9 Å². The lowest BCUT2D eigenvalue weighted by Crippen LogP contribution is -2.54. The number of fused-ring (bicyclic) bond motifs is 1. The third-order valence-corrected chi connectivity index (χ3v) is 5.60. The highest BCUT2D eigenvalue weighted by Gasteiger charge is 2.44. The number of ether oxygens (including phenoxy) is 1. The van der Waals surface area contributed by atoms with Gasteiger partial charge in [-0.1, -0.05) is 30.3 Å². The van der Waals surface area contributed by atoms with Crippen LogP contribution in [-0.2, 0) is 27.3 Å². The molecule has 7 heteroatoms. The lowest BCUT2D eigenvalue weighted by molar-refractivity contribution is -0.152. The van der Waals surface area contributed by atoms with Crippen LogP contribution in [-0.4, -0.2) is 69.8 Å². The van der Waals surface area contributed by atoms with Crippen molar-refractivity contribution in [2.75, 3.05) is 26.2 Å². The van der Waals surface area contributed by atoms with Crippen molar-refractivity contribution in [3.8, 4) is 0 Å². The number of carbonyl (C=O) groups excluding carboxylic acids is 2. The largest absolute Gasteiger partial charge is 0.364 e. The third kappa shape index (κ3) is 3.80. The number of amides is 2. The number of carbonyl (C=O) groups is 2. The van der Waals surface area contributed by atoms with E-state index in [0.717, 1.165) is 17.8 Å². The lowest BCUT2D eigenvalue weighted by atomic mass is 10.1. The second-order valence-electron chi connectivity index (χ2n) is 7.62. The first kappa shape index (κ1) is 18.7. The van der Waals surface area contributed by atoms with Gasteiger partial charge in [-0.15, -0.1) is 0 Å². The van der Waals surface area contributed by atoms with E-state index in [1.807, 2.05) is 43.0 Å². The van der Waals surface area contributed by atoms with Crippen LogP contribution in [0.2, 0.25) is 0 Å². The molecule has 2 aliphatic rings. The number of rotatable bonds is 5. The minimum Gasteiger partial charge on any atom is -0.364 e. The predicted molar refractivity (Wildman–Crippen MR) is 104 cm³/mol. The van der Waals surface area contributed by atoms with Crippen molar-refractivity contribution in [1.82, 2.24) is 19.6 Å². The van der Waals surface area contributed by atoms with Gasteiger partial charge in [0.05, 0.1) is 17.8 Å². The summed E-state index contributed by atoms with van der Waals surface area (Å²) >= 11 is 0. The number of hydrogen-bond donors (Lipinski definition) is 0. The number of hydrogen-bond acceptors (Lipinski definition) is 4. The number of aryl methyl sites for hydroxylation is 2. The van der Waals surface area contributed by atoms with Gasteiger partial charge in [-0.2, -0.15) is 5.10 Å². The van der Waals surface area contributed by atoms with Crippen molar-refractivity contribution in [3.05, 3.63) is 53.3 Å². The minimum absolute atomic E-state index is 0.00465. The quantitative estimate of drug-likeness (QED) is 0.779. The number of likely N-dealkylation sites (tertiary alicyclic amines) is 1. The molecule has 0 bridgehead atoms. The summed E-state index contributed by atoms with van der Waals surface area (Å²) in [5.74, 6) is 0.0182. The maximum absolute atomic E-state index is 12.8. The molecule has 2 saturated heterocycles. The Morgan fingerprint density at radius 2 is 2.00 bits per heavy atom. The van der Waals surface area contributed by atoms with Crippen molar-refractivity contribution < 1.29 is 14.3 Å². The first-order valence-electron chi connectivity index (χ1n) is 9.75. The van der Waals surface area contributed by atoms with Gasteiger partial charge >= 0.3 is 0 Å². The summed E-state index contributed by atoms with van der Waals surface area (Å²) in [6, 6.07) is 12.0. The Labute approximate surface area is 164 Å². The summed E-state index contributed by atoms with van der Waals surface area (Å²) in [6.45, 7) is 5.87. The molecule has 28 heavy (non-hydrogen) atoms. The van der Waals surface area contributed by atoms with Crippen molar-refractivity contribution in [1.29, 1.82) is 0 Å². The van der Waals surface area contributed by atoms with Gasteiger partial charge in [-0.25, -0.2) is 0 Å². The van der Waals surface area contributed by atoms with Gasteiger partial charge in [0.2, 0.25) is 11.8 Å². The summed E-state index contributed by atoms with van der Waals surface area (Å²) in [5, 5.41) is 4.38. The zero-order valence-corrected chi connectivity index (χ0v) is 16.4. The summed E-state index contributed by atoms with van der Waals surface area (Å²) in [4.78, 5) is 29.0. The van der Waals surface area contributed by atoms with Crippen molar-refractivity contribution in [2.24, 2.45) is 0 Å². The van der Waals surface area contributed by atoms with Crippen LogP contribution in [0.1, 0.15) is 17.0 Å². The summed E-state index contributed by atoms with van der Waals surface area (Å²) < 4.78 is 7.48. The van der Waals surface area contributed by atoms with Crippen LogP contribution in [0.25, 0.3) is 0 Å². The molecule has 2 aliphatic heterocycles. The van der Waals surface area contributed by atoms with E-state index in [0.29, 0.717) is 19.6 Å². The Kier molecular flexibility index (Phi) is 5.17. The van der Waals surface area contributed by atoms with Gasteiger partial charge in [0.15, 0.2) is 0 Å². The third-order valence-electron chi connectivity index (χ3n) is 5.60. The normalized spacial score (nSPS) is 21.9. The SMILES string of the molecule is Cc1cc(C)n(CC(=O)N2C[C@@H]3OCC(=O)N(CCc4ccccc4)[C@H]3C2)n1. The Bertz CT molecular complexity index is 864. The number of aromatic nitrogens is 2. The lowest BCUT2D eigenvalue weighted by Gasteiger charge is -2.36. The molecule has 2 aromatic rings. The highest BCUT2D eigenvalue weighted by molar-refractivity contribution is 5.80. The van der Waals surface area contributed by atoms with E-state index in [1.165, 1.54) is 5.56 Å². The fourth-order valence-corrected chi connectivity index (χ4v) is 4.12. The zero-order chi connectivity index (χ0) is 19.7. The molecule has 4 rings (SSSR count). The van der Waals surface area contributed by atoms with E-state index in [2.05, 4.69) is 17.2 Å². The number of morpholine rings is 1. The summed E-state index contributed by atoms with van der Waals surface area (Å²) in [5.41, 5.74) is 3.08. The average Bonchev–Trinajstić information content (AvgIpc) is 3.25. The van der Waals surface area contributed by atoms with Crippen molar-refractivity contribution >= 4 is 11.8 Å². The molecule has 0 N–H and O–H groups in total. The molecule has 1 aromatic heterocycles. The Balaban J connectivity index is 1.41. The Morgan fingerprint density at radius 3 is 2.71 bits per heavy atom. The van der Waals surface area contributed by atoms with Crippen LogP contribution >= 0.6 is 0 Å². The summed E-state index contributed by atoms with van der Waals surface area (Å²) in [6.07, 6.45) is 0.688. The standard InChI is InChI=1S/C21H26N4O3/c1-15-10-16(2)25(22-15)13-20(26)23-11-18-19(12-23)28-14-21(27)24(18)9-8-17-6-4-3-5-7-17/h3-7,10,18-19H,8-9,11-14H2,1-2H3/t18-,19-/m0/s1. The van der Waals surface area contributed by atoms with Crippen LogP contribution in [0.15, 0.2) is 36.4 Å². The topological polar surface area (TPSA) is 67.7 Å². The molecule has 0 spiro atoms. The molecule has 1 aromatic carbocycles. The first-order valence-corrected chi connectivity index (χ1v) is 9.75. The van der Waals surface area contributed by atoms with Gasteiger partial charge in [-0.3, -0.25) is 14.3 Å². The van der Waals surface area contributed by atoms with Crippen LogP contribution in [0, 0.1) is 13.8 Å². The van der Waals surface area contributed by atoms with Crippen LogP contribution in [0.3, 0.4) is 0 Å². The highest BCUT2D eigenvalue weighted by Crippen LogP contribution is 2.24. The molecule has 0 saturated carbocycles. The van der Waals surface area contributed by atoms with E-state index in [-0.39, 0.29) is 37.1 Å². The van der Waals surface area contributed by atoms with Gasteiger partial charge in [0, 0.05) is 25.3 Å². The van der Waals surface area contributed by atoms with Crippen LogP contribution in [0.5, 0.6) is 0 Å². The van der Waals surface area contributed by atoms with E-state index >= 15 is 0 Å². The molecule has 3 heterocycles. The number of benzene rings is 1. The first-order chi connectivity index (χ1) is 13.5. The monoisotopic (exact) mass is 382 g/mol. The van der Waals surface area contributed by atoms with E-state index in [9.17, 15) is 9.59 Å². The smallest absolute Gasteiger partial charge is 0.248 e. The van der Waals surface area contributed by atoms with E-state index in [4.69, 9.17) is 4.74 Å². The fraction of sp³-hybridized carbons (Fsp3) is 0.476. The average molecular weight is 382 g/mol. The molecule has 2 fully saturated rings. The van der Waals surface area contributed by atoms with E-state index in [1.54, 1.807) is 9.58 Å². The van der Waals surface area contributed by atoms with Gasteiger partial charge in [0.25, 0.3) is 0 Å². The van der Waals surface area contributed by atoms with Crippen molar-refractivity contribution in [3.63, 3.8) is 0 Å². The molecule has 0 radical (unpaired) electrons. The number of nitrogens with zero attached hydrogens (tertiary/aromatic N) is 4. The zero-order valence-electron chi connectivity index (χ0n) is 16.4. The van der Waals surface area contributed by atoms with Crippen LogP contribution < -0.4 is 0 Å². The molecule has 2 atom stereocenters. The highest BCUT2D eigenvalue weighted by atomic mass is 16.5. The molecule has 2 amide bonds. The molecule has 0 unspecified atom stereocenters. The minimum atomic E-state index is -0.113. The maximum atomic E-state index is 12.8. The molecule has 0 aliphatic carbocycles. The second kappa shape index (κ2) is 7.75. The molecular formula is C21H26N4O3. The Morgan fingerprint density at radius 1 is 1.21 bits per heavy atom. The molecule has 148 valence electrons.